The van der Waals surface area contributed by atoms with Crippen molar-refractivity contribution in [1.29, 1.82) is 0 Å². The van der Waals surface area contributed by atoms with Gasteiger partial charge in [0.2, 0.25) is 5.82 Å². The Morgan fingerprint density at radius 3 is 2.19 bits per heavy atom. The number of hydrogen-bond donors (Lipinski definition) is 1. The second kappa shape index (κ2) is 9.84. The number of benzene rings is 2. The van der Waals surface area contributed by atoms with Crippen LogP contribution in [-0.4, -0.2) is 46.5 Å². The van der Waals surface area contributed by atoms with Crippen LogP contribution in [0.5, 0.6) is 0 Å². The third kappa shape index (κ3) is 5.65. The standard InChI is InChI=1S/C21H14Cl2F6N6O2/c22-12-7-5-11(6-8-12)17-32-34(19(37)33(17)9-15(36)20(24,25)26)10-16-30-18(21(27,28)29)35(31-16)14-4-2-1-3-13(14)23/h1-8,15,36H,9-10H2/t15-/m0/s1. The van der Waals surface area contributed by atoms with Gasteiger partial charge in [0.1, 0.15) is 6.54 Å². The first kappa shape index (κ1) is 26.7. The number of halogens is 8. The molecule has 2 aromatic heterocycles. The number of hydrogen-bond acceptors (Lipinski definition) is 5. The van der Waals surface area contributed by atoms with Crippen LogP contribution in [0.1, 0.15) is 11.6 Å². The number of rotatable bonds is 6. The first-order valence-electron chi connectivity index (χ1n) is 10.2. The quantitative estimate of drug-likeness (QED) is 0.345. The second-order valence-corrected chi connectivity index (χ2v) is 8.49. The van der Waals surface area contributed by atoms with Gasteiger partial charge in [0, 0.05) is 10.6 Å². The third-order valence-corrected chi connectivity index (χ3v) is 5.61. The third-order valence-electron chi connectivity index (χ3n) is 5.03. The fourth-order valence-corrected chi connectivity index (χ4v) is 3.67. The summed E-state index contributed by atoms with van der Waals surface area (Å²) in [5, 5.41) is 17.6. The van der Waals surface area contributed by atoms with Gasteiger partial charge in [0.25, 0.3) is 0 Å². The van der Waals surface area contributed by atoms with Gasteiger partial charge >= 0.3 is 18.0 Å². The molecule has 0 spiro atoms. The zero-order chi connectivity index (χ0) is 27.1. The summed E-state index contributed by atoms with van der Waals surface area (Å²) in [6.45, 7) is -1.94. The zero-order valence-electron chi connectivity index (χ0n) is 18.2. The molecule has 0 radical (unpaired) electrons. The van der Waals surface area contributed by atoms with Crippen molar-refractivity contribution in [2.75, 3.05) is 0 Å². The highest BCUT2D eigenvalue weighted by Crippen LogP contribution is 2.31. The molecule has 0 aliphatic carbocycles. The van der Waals surface area contributed by atoms with E-state index in [1.54, 1.807) is 0 Å². The van der Waals surface area contributed by atoms with Crippen LogP contribution in [-0.2, 0) is 19.3 Å². The fraction of sp³-hybridized carbons (Fsp3) is 0.238. The first-order chi connectivity index (χ1) is 17.3. The monoisotopic (exact) mass is 566 g/mol. The molecule has 0 fully saturated rings. The summed E-state index contributed by atoms with van der Waals surface area (Å²) in [5.41, 5.74) is -1.11. The van der Waals surface area contributed by atoms with Crippen molar-refractivity contribution in [3.63, 3.8) is 0 Å². The van der Waals surface area contributed by atoms with E-state index in [4.69, 9.17) is 23.2 Å². The lowest BCUT2D eigenvalue weighted by Crippen LogP contribution is -2.37. The van der Waals surface area contributed by atoms with Crippen LogP contribution < -0.4 is 5.69 Å². The van der Waals surface area contributed by atoms with Crippen LogP contribution in [0.3, 0.4) is 0 Å². The van der Waals surface area contributed by atoms with E-state index in [0.29, 0.717) is 19.0 Å². The molecular weight excluding hydrogens is 553 g/mol. The minimum atomic E-state index is -5.05. The molecule has 0 amide bonds. The van der Waals surface area contributed by atoms with Crippen LogP contribution in [0.4, 0.5) is 26.3 Å². The molecule has 37 heavy (non-hydrogen) atoms. The SMILES string of the molecule is O=c1n(Cc2nc(C(F)(F)F)n(-c3ccccc3Cl)n2)nc(-c2ccc(Cl)cc2)n1C[C@H](O)C(F)(F)F. The van der Waals surface area contributed by atoms with Gasteiger partial charge in [0.15, 0.2) is 17.8 Å². The molecular formula is C21H14Cl2F6N6O2. The fourth-order valence-electron chi connectivity index (χ4n) is 3.33. The average Bonchev–Trinajstić information content (AvgIpc) is 3.36. The highest BCUT2D eigenvalue weighted by Gasteiger charge is 2.40. The van der Waals surface area contributed by atoms with Crippen molar-refractivity contribution >= 4 is 23.2 Å². The van der Waals surface area contributed by atoms with E-state index in [2.05, 4.69) is 15.2 Å². The number of aliphatic hydroxyl groups excluding tert-OH is 1. The van der Waals surface area contributed by atoms with Crippen LogP contribution in [0.2, 0.25) is 10.0 Å². The summed E-state index contributed by atoms with van der Waals surface area (Å²) in [5.74, 6) is -2.24. The largest absolute Gasteiger partial charge is 0.451 e. The van der Waals surface area contributed by atoms with Crippen LogP contribution in [0, 0.1) is 0 Å². The highest BCUT2D eigenvalue weighted by atomic mass is 35.5. The molecule has 16 heteroatoms. The average molecular weight is 567 g/mol. The summed E-state index contributed by atoms with van der Waals surface area (Å²) in [7, 11) is 0. The molecule has 0 aliphatic rings. The number of alkyl halides is 6. The highest BCUT2D eigenvalue weighted by molar-refractivity contribution is 6.32. The lowest BCUT2D eigenvalue weighted by Gasteiger charge is -2.15. The van der Waals surface area contributed by atoms with E-state index in [-0.39, 0.29) is 22.1 Å². The van der Waals surface area contributed by atoms with E-state index >= 15 is 0 Å². The molecule has 0 saturated heterocycles. The summed E-state index contributed by atoms with van der Waals surface area (Å²) < 4.78 is 81.7. The van der Waals surface area contributed by atoms with Gasteiger partial charge in [-0.2, -0.15) is 26.3 Å². The van der Waals surface area contributed by atoms with Gasteiger partial charge in [-0.15, -0.1) is 10.2 Å². The molecule has 0 saturated carbocycles. The number of aromatic nitrogens is 6. The normalized spacial score (nSPS) is 13.2. The molecule has 0 unspecified atom stereocenters. The van der Waals surface area contributed by atoms with Gasteiger partial charge in [-0.25, -0.2) is 19.1 Å². The molecule has 0 bridgehead atoms. The topological polar surface area (TPSA) is 90.8 Å². The number of nitrogens with zero attached hydrogens (tertiary/aromatic N) is 6. The number of aliphatic hydroxyl groups is 1. The minimum absolute atomic E-state index is 0.0583. The molecule has 4 rings (SSSR count). The van der Waals surface area contributed by atoms with E-state index in [1.807, 2.05) is 0 Å². The van der Waals surface area contributed by atoms with Crippen LogP contribution in [0.25, 0.3) is 17.1 Å². The zero-order valence-corrected chi connectivity index (χ0v) is 19.7. The van der Waals surface area contributed by atoms with Gasteiger partial charge < -0.3 is 5.11 Å². The van der Waals surface area contributed by atoms with Crippen molar-refractivity contribution in [1.82, 2.24) is 29.1 Å². The Hall–Kier alpha value is -3.36. The van der Waals surface area contributed by atoms with E-state index in [9.17, 15) is 36.2 Å². The van der Waals surface area contributed by atoms with Crippen molar-refractivity contribution in [2.24, 2.45) is 0 Å². The predicted octanol–water partition coefficient (Wildman–Crippen LogP) is 4.59. The maximum atomic E-state index is 13.7. The van der Waals surface area contributed by atoms with Crippen LogP contribution in [0.15, 0.2) is 53.3 Å². The van der Waals surface area contributed by atoms with Crippen molar-refractivity contribution < 1.29 is 31.4 Å². The lowest BCUT2D eigenvalue weighted by molar-refractivity contribution is -0.207. The van der Waals surface area contributed by atoms with E-state index < -0.39 is 48.9 Å². The maximum absolute atomic E-state index is 13.7. The second-order valence-electron chi connectivity index (χ2n) is 7.65. The first-order valence-corrected chi connectivity index (χ1v) is 11.0. The van der Waals surface area contributed by atoms with E-state index in [0.717, 1.165) is 0 Å². The van der Waals surface area contributed by atoms with Gasteiger partial charge in [-0.1, -0.05) is 35.3 Å². The molecule has 2 heterocycles. The Balaban J connectivity index is 1.80. The predicted molar refractivity (Wildman–Crippen MR) is 119 cm³/mol. The Kier molecular flexibility index (Phi) is 7.10. The number of para-hydroxylation sites is 1. The van der Waals surface area contributed by atoms with Crippen LogP contribution >= 0.6 is 23.2 Å². The van der Waals surface area contributed by atoms with Crippen molar-refractivity contribution in [2.45, 2.75) is 31.5 Å². The lowest BCUT2D eigenvalue weighted by atomic mass is 10.2. The maximum Gasteiger partial charge on any atom is 0.451 e. The Labute approximate surface area is 213 Å². The molecule has 1 atom stereocenters. The molecule has 0 aliphatic heterocycles. The molecule has 2 aromatic carbocycles. The van der Waals surface area contributed by atoms with Crippen molar-refractivity contribution in [3.8, 4) is 17.1 Å². The molecule has 196 valence electrons. The Morgan fingerprint density at radius 2 is 1.59 bits per heavy atom. The summed E-state index contributed by atoms with van der Waals surface area (Å²) in [6.07, 6.45) is -12.9. The summed E-state index contributed by atoms with van der Waals surface area (Å²) in [6, 6.07) is 11.1. The molecule has 4 aromatic rings. The smallest absolute Gasteiger partial charge is 0.382 e. The van der Waals surface area contributed by atoms with Crippen molar-refractivity contribution in [3.05, 3.63) is 80.7 Å². The Bertz CT molecular complexity index is 1480. The van der Waals surface area contributed by atoms with Gasteiger partial charge in [-0.05, 0) is 36.4 Å². The van der Waals surface area contributed by atoms with Gasteiger partial charge in [-0.3, -0.25) is 4.57 Å². The van der Waals surface area contributed by atoms with E-state index in [1.165, 1.54) is 48.5 Å². The Morgan fingerprint density at radius 1 is 0.946 bits per heavy atom. The summed E-state index contributed by atoms with van der Waals surface area (Å²) >= 11 is 11.9. The summed E-state index contributed by atoms with van der Waals surface area (Å²) in [4.78, 5) is 16.4. The van der Waals surface area contributed by atoms with Gasteiger partial charge in [0.05, 0.1) is 17.3 Å². The minimum Gasteiger partial charge on any atom is -0.382 e. The molecule has 1 N–H and O–H groups in total. The molecule has 8 nitrogen and oxygen atoms in total.